The summed E-state index contributed by atoms with van der Waals surface area (Å²) in [4.78, 5) is 28.2. The minimum absolute atomic E-state index is 0.0854. The lowest BCUT2D eigenvalue weighted by molar-refractivity contribution is -0.138. The molecular formula is C11H19N5O3. The monoisotopic (exact) mass is 269 g/mol. The number of amides is 2. The van der Waals surface area contributed by atoms with E-state index in [9.17, 15) is 9.59 Å². The third kappa shape index (κ3) is 4.23. The van der Waals surface area contributed by atoms with Gasteiger partial charge in [0, 0.05) is 12.6 Å². The van der Waals surface area contributed by atoms with Crippen molar-refractivity contribution in [1.29, 1.82) is 0 Å². The van der Waals surface area contributed by atoms with Crippen LogP contribution < -0.4 is 5.32 Å². The number of carbonyl (C=O) groups is 2. The predicted octanol–water partition coefficient (Wildman–Crippen LogP) is 0.760. The Labute approximate surface area is 111 Å². The fourth-order valence-corrected chi connectivity index (χ4v) is 1.78. The zero-order valence-corrected chi connectivity index (χ0v) is 11.3. The van der Waals surface area contributed by atoms with Crippen LogP contribution in [0.5, 0.6) is 0 Å². The van der Waals surface area contributed by atoms with Gasteiger partial charge in [-0.25, -0.2) is 9.78 Å². The highest BCUT2D eigenvalue weighted by molar-refractivity contribution is 5.76. The van der Waals surface area contributed by atoms with Crippen molar-refractivity contribution in [3.05, 3.63) is 12.2 Å². The Morgan fingerprint density at radius 1 is 1.53 bits per heavy atom. The molecule has 106 valence electrons. The van der Waals surface area contributed by atoms with Gasteiger partial charge in [-0.15, -0.1) is 0 Å². The van der Waals surface area contributed by atoms with Crippen LogP contribution in [-0.2, 0) is 4.79 Å². The molecule has 0 radical (unpaired) electrons. The summed E-state index contributed by atoms with van der Waals surface area (Å²) in [6.45, 7) is 5.71. The molecule has 8 heteroatoms. The van der Waals surface area contributed by atoms with Gasteiger partial charge < -0.3 is 15.3 Å². The van der Waals surface area contributed by atoms with E-state index in [1.54, 1.807) is 20.8 Å². The van der Waals surface area contributed by atoms with E-state index in [1.165, 1.54) is 11.2 Å². The van der Waals surface area contributed by atoms with Crippen molar-refractivity contribution < 1.29 is 14.7 Å². The van der Waals surface area contributed by atoms with E-state index in [0.29, 0.717) is 12.4 Å². The van der Waals surface area contributed by atoms with Crippen LogP contribution in [0.3, 0.4) is 0 Å². The van der Waals surface area contributed by atoms with E-state index in [1.807, 2.05) is 0 Å². The van der Waals surface area contributed by atoms with Crippen molar-refractivity contribution in [3.63, 3.8) is 0 Å². The first kappa shape index (κ1) is 14.9. The first-order chi connectivity index (χ1) is 8.95. The van der Waals surface area contributed by atoms with Gasteiger partial charge >= 0.3 is 12.0 Å². The molecule has 1 aromatic heterocycles. The normalized spacial score (nSPS) is 13.6. The Bertz CT molecular complexity index is 420. The van der Waals surface area contributed by atoms with Gasteiger partial charge in [0.1, 0.15) is 12.2 Å². The molecule has 0 bridgehead atoms. The topological polar surface area (TPSA) is 111 Å². The van der Waals surface area contributed by atoms with Gasteiger partial charge in [0.15, 0.2) is 0 Å². The lowest BCUT2D eigenvalue weighted by atomic mass is 10.2. The number of hydrogen-bond donors (Lipinski definition) is 3. The number of aromatic nitrogens is 3. The quantitative estimate of drug-likeness (QED) is 0.706. The maximum atomic E-state index is 12.1. The van der Waals surface area contributed by atoms with Crippen molar-refractivity contribution in [1.82, 2.24) is 25.4 Å². The van der Waals surface area contributed by atoms with E-state index in [-0.39, 0.29) is 24.5 Å². The zero-order chi connectivity index (χ0) is 14.4. The number of nitrogens with one attached hydrogen (secondary N) is 2. The summed E-state index contributed by atoms with van der Waals surface area (Å²) in [5.74, 6) is -0.377. The number of aromatic amines is 1. The van der Waals surface area contributed by atoms with E-state index in [0.717, 1.165) is 0 Å². The van der Waals surface area contributed by atoms with Gasteiger partial charge in [0.25, 0.3) is 0 Å². The molecule has 19 heavy (non-hydrogen) atoms. The number of urea groups is 1. The molecule has 0 aliphatic rings. The van der Waals surface area contributed by atoms with Crippen LogP contribution in [0, 0.1) is 0 Å². The predicted molar refractivity (Wildman–Crippen MR) is 67.4 cm³/mol. The van der Waals surface area contributed by atoms with E-state index >= 15 is 0 Å². The molecule has 1 heterocycles. The number of rotatable bonds is 6. The Balaban J connectivity index is 2.61. The molecule has 0 saturated heterocycles. The van der Waals surface area contributed by atoms with Crippen LogP contribution in [-0.4, -0.2) is 49.8 Å². The Kier molecular flexibility index (Phi) is 5.28. The van der Waals surface area contributed by atoms with Crippen LogP contribution in [0.1, 0.15) is 39.1 Å². The molecule has 0 saturated carbocycles. The fourth-order valence-electron chi connectivity index (χ4n) is 1.78. The molecule has 1 rings (SSSR count). The maximum absolute atomic E-state index is 12.1. The second-order valence-electron chi connectivity index (χ2n) is 4.27. The largest absolute Gasteiger partial charge is 0.481 e. The van der Waals surface area contributed by atoms with Crippen LogP contribution in [0.25, 0.3) is 0 Å². The van der Waals surface area contributed by atoms with Crippen LogP contribution in [0.15, 0.2) is 6.33 Å². The van der Waals surface area contributed by atoms with Gasteiger partial charge in [-0.1, -0.05) is 0 Å². The molecule has 3 N–H and O–H groups in total. The molecule has 0 aliphatic carbocycles. The molecule has 2 atom stereocenters. The van der Waals surface area contributed by atoms with E-state index < -0.39 is 5.97 Å². The Morgan fingerprint density at radius 2 is 2.21 bits per heavy atom. The first-order valence-corrected chi connectivity index (χ1v) is 6.09. The molecule has 2 unspecified atom stereocenters. The lowest BCUT2D eigenvalue weighted by Crippen LogP contribution is -2.46. The summed E-state index contributed by atoms with van der Waals surface area (Å²) in [6.07, 6.45) is 1.28. The van der Waals surface area contributed by atoms with Gasteiger partial charge in [0.05, 0.1) is 12.5 Å². The second-order valence-corrected chi connectivity index (χ2v) is 4.27. The van der Waals surface area contributed by atoms with Crippen molar-refractivity contribution in [2.45, 2.75) is 39.3 Å². The maximum Gasteiger partial charge on any atom is 0.318 e. The van der Waals surface area contributed by atoms with Gasteiger partial charge in [-0.2, -0.15) is 5.10 Å². The summed E-state index contributed by atoms with van der Waals surface area (Å²) >= 11 is 0. The van der Waals surface area contributed by atoms with Crippen molar-refractivity contribution >= 4 is 12.0 Å². The molecular weight excluding hydrogens is 250 g/mol. The highest BCUT2D eigenvalue weighted by Crippen LogP contribution is 2.09. The number of aliphatic carboxylic acids is 1. The summed E-state index contributed by atoms with van der Waals surface area (Å²) in [6, 6.07) is -1.01. The highest BCUT2D eigenvalue weighted by atomic mass is 16.4. The number of nitrogens with zero attached hydrogens (tertiary/aromatic N) is 3. The van der Waals surface area contributed by atoms with Crippen LogP contribution in [0.2, 0.25) is 0 Å². The van der Waals surface area contributed by atoms with Crippen LogP contribution in [0.4, 0.5) is 4.79 Å². The summed E-state index contributed by atoms with van der Waals surface area (Å²) in [7, 11) is 0. The first-order valence-electron chi connectivity index (χ1n) is 6.09. The highest BCUT2D eigenvalue weighted by Gasteiger charge is 2.22. The Hall–Kier alpha value is -2.12. The third-order valence-electron chi connectivity index (χ3n) is 2.79. The van der Waals surface area contributed by atoms with E-state index in [2.05, 4.69) is 20.5 Å². The number of H-pyrrole nitrogens is 1. The number of carbonyl (C=O) groups excluding carboxylic acids is 1. The number of hydrogen-bond acceptors (Lipinski definition) is 4. The molecule has 1 aromatic rings. The molecule has 2 amide bonds. The van der Waals surface area contributed by atoms with Gasteiger partial charge in [-0.3, -0.25) is 9.89 Å². The molecule has 0 aromatic carbocycles. The summed E-state index contributed by atoms with van der Waals surface area (Å²) in [5.41, 5.74) is 0. The van der Waals surface area contributed by atoms with E-state index in [4.69, 9.17) is 5.11 Å². The van der Waals surface area contributed by atoms with Crippen molar-refractivity contribution in [2.75, 3.05) is 6.54 Å². The zero-order valence-electron chi connectivity index (χ0n) is 11.3. The van der Waals surface area contributed by atoms with Gasteiger partial charge in [-0.05, 0) is 20.8 Å². The molecule has 0 aliphatic heterocycles. The average molecular weight is 269 g/mol. The molecule has 0 spiro atoms. The number of carboxylic acids is 1. The van der Waals surface area contributed by atoms with Gasteiger partial charge in [0.2, 0.25) is 0 Å². The number of carboxylic acid groups (broad SMARTS) is 1. The van der Waals surface area contributed by atoms with Crippen molar-refractivity contribution in [3.8, 4) is 0 Å². The second kappa shape index (κ2) is 6.72. The molecule has 8 nitrogen and oxygen atoms in total. The third-order valence-corrected chi connectivity index (χ3v) is 2.79. The van der Waals surface area contributed by atoms with Crippen LogP contribution >= 0.6 is 0 Å². The summed E-state index contributed by atoms with van der Waals surface area (Å²) in [5, 5.41) is 17.9. The SMILES string of the molecule is CCN(C(=O)NC(C)c1ncn[nH]1)C(C)CC(=O)O. The fraction of sp³-hybridized carbons (Fsp3) is 0.636. The molecule has 0 fully saturated rings. The Morgan fingerprint density at radius 3 is 2.68 bits per heavy atom. The lowest BCUT2D eigenvalue weighted by Gasteiger charge is -2.28. The standard InChI is InChI=1S/C11H19N5O3/c1-4-16(7(2)5-9(17)18)11(19)14-8(3)10-12-6-13-15-10/h6-8H,4-5H2,1-3H3,(H,14,19)(H,17,18)(H,12,13,15). The summed E-state index contributed by atoms with van der Waals surface area (Å²) < 4.78 is 0. The minimum atomic E-state index is -0.929. The van der Waals surface area contributed by atoms with Crippen molar-refractivity contribution in [2.24, 2.45) is 0 Å². The minimum Gasteiger partial charge on any atom is -0.481 e. The average Bonchev–Trinajstić information content (AvgIpc) is 2.81. The smallest absolute Gasteiger partial charge is 0.318 e.